The summed E-state index contributed by atoms with van der Waals surface area (Å²) in [5.74, 6) is -1.95. The summed E-state index contributed by atoms with van der Waals surface area (Å²) in [4.78, 5) is 0. The van der Waals surface area contributed by atoms with Crippen molar-refractivity contribution in [1.82, 2.24) is 15.1 Å². The van der Waals surface area contributed by atoms with Crippen molar-refractivity contribution < 1.29 is 22.6 Å². The van der Waals surface area contributed by atoms with Crippen LogP contribution in [-0.2, 0) is 4.74 Å². The summed E-state index contributed by atoms with van der Waals surface area (Å²) in [5, 5.41) is 7.68. The maximum Gasteiger partial charge on any atom is 0.241 e. The zero-order valence-corrected chi connectivity index (χ0v) is 13.7. The van der Waals surface area contributed by atoms with Gasteiger partial charge in [-0.15, -0.1) is 5.10 Å². The zero-order chi connectivity index (χ0) is 18.1. The molecule has 1 unspecified atom stereocenters. The van der Waals surface area contributed by atoms with Gasteiger partial charge in [-0.25, -0.2) is 17.9 Å². The number of morpholine rings is 1. The fraction of sp³-hybridized carbons (Fsp3) is 0.278. The highest BCUT2D eigenvalue weighted by Gasteiger charge is 2.21. The van der Waals surface area contributed by atoms with Crippen LogP contribution in [0.2, 0.25) is 0 Å². The first-order valence-corrected chi connectivity index (χ1v) is 8.21. The van der Waals surface area contributed by atoms with Crippen LogP contribution in [0, 0.1) is 17.5 Å². The molecular formula is C18H16F3N3O2. The molecule has 8 heteroatoms. The number of nitrogens with zero attached hydrogens (tertiary/aromatic N) is 2. The number of nitrogens with one attached hydrogen (secondary N) is 1. The van der Waals surface area contributed by atoms with E-state index in [-0.39, 0.29) is 24.3 Å². The number of benzene rings is 2. The minimum Gasteiger partial charge on any atom is -0.473 e. The van der Waals surface area contributed by atoms with Gasteiger partial charge in [0.25, 0.3) is 0 Å². The minimum atomic E-state index is -0.773. The first-order valence-electron chi connectivity index (χ1n) is 8.21. The van der Waals surface area contributed by atoms with Gasteiger partial charge >= 0.3 is 0 Å². The SMILES string of the molecule is Fc1ccc2c(c1)c(OCC1CNCCO1)nn2-c1c(F)cccc1F. The molecule has 3 aromatic rings. The predicted molar refractivity (Wildman–Crippen MR) is 89.0 cm³/mol. The quantitative estimate of drug-likeness (QED) is 0.775. The van der Waals surface area contributed by atoms with Crippen LogP contribution in [0.3, 0.4) is 0 Å². The van der Waals surface area contributed by atoms with Gasteiger partial charge in [0.1, 0.15) is 24.2 Å². The van der Waals surface area contributed by atoms with E-state index in [1.807, 2.05) is 0 Å². The van der Waals surface area contributed by atoms with Crippen molar-refractivity contribution in [3.05, 3.63) is 53.8 Å². The van der Waals surface area contributed by atoms with Crippen LogP contribution >= 0.6 is 0 Å². The molecule has 0 aliphatic carbocycles. The molecule has 1 aliphatic heterocycles. The summed E-state index contributed by atoms with van der Waals surface area (Å²) >= 11 is 0. The smallest absolute Gasteiger partial charge is 0.241 e. The Morgan fingerprint density at radius 1 is 1.19 bits per heavy atom. The summed E-state index contributed by atoms with van der Waals surface area (Å²) in [6.07, 6.45) is -0.178. The number of para-hydroxylation sites is 1. The van der Waals surface area contributed by atoms with Crippen molar-refractivity contribution in [3.8, 4) is 11.6 Å². The lowest BCUT2D eigenvalue weighted by atomic mass is 10.2. The fourth-order valence-corrected chi connectivity index (χ4v) is 2.93. The lowest BCUT2D eigenvalue weighted by molar-refractivity contribution is -0.000512. The van der Waals surface area contributed by atoms with Crippen LogP contribution in [-0.4, -0.2) is 42.2 Å². The molecular weight excluding hydrogens is 347 g/mol. The van der Waals surface area contributed by atoms with Gasteiger partial charge in [-0.3, -0.25) is 0 Å². The first-order chi connectivity index (χ1) is 12.6. The van der Waals surface area contributed by atoms with Crippen molar-refractivity contribution >= 4 is 10.9 Å². The van der Waals surface area contributed by atoms with E-state index >= 15 is 0 Å². The highest BCUT2D eigenvalue weighted by molar-refractivity contribution is 5.86. The van der Waals surface area contributed by atoms with Crippen LogP contribution in [0.15, 0.2) is 36.4 Å². The Labute approximate surface area is 147 Å². The topological polar surface area (TPSA) is 48.3 Å². The predicted octanol–water partition coefficient (Wildman–Crippen LogP) is 2.81. The average Bonchev–Trinajstić information content (AvgIpc) is 2.98. The van der Waals surface area contributed by atoms with Gasteiger partial charge < -0.3 is 14.8 Å². The second-order valence-electron chi connectivity index (χ2n) is 5.96. The van der Waals surface area contributed by atoms with Crippen molar-refractivity contribution in [3.63, 3.8) is 0 Å². The van der Waals surface area contributed by atoms with E-state index in [1.165, 1.54) is 24.3 Å². The summed E-state index contributed by atoms with van der Waals surface area (Å²) in [7, 11) is 0. The zero-order valence-electron chi connectivity index (χ0n) is 13.7. The number of aromatic nitrogens is 2. The number of fused-ring (bicyclic) bond motifs is 1. The van der Waals surface area contributed by atoms with Gasteiger partial charge in [0.2, 0.25) is 5.88 Å². The standard InChI is InChI=1S/C18H16F3N3O2/c19-11-4-5-16-13(8-11)18(26-10-12-9-22-6-7-25-12)23-24(16)17-14(20)2-1-3-15(17)21/h1-5,8,12,22H,6-7,9-10H2. The fourth-order valence-electron chi connectivity index (χ4n) is 2.93. The number of hydrogen-bond acceptors (Lipinski definition) is 4. The molecule has 1 aromatic heterocycles. The lowest BCUT2D eigenvalue weighted by Crippen LogP contribution is -2.41. The van der Waals surface area contributed by atoms with E-state index in [4.69, 9.17) is 9.47 Å². The van der Waals surface area contributed by atoms with Crippen LogP contribution in [0.25, 0.3) is 16.6 Å². The molecule has 2 aromatic carbocycles. The summed E-state index contributed by atoms with van der Waals surface area (Å²) < 4.78 is 54.4. The Hall–Kier alpha value is -2.58. The Morgan fingerprint density at radius 3 is 2.73 bits per heavy atom. The first kappa shape index (κ1) is 16.9. The van der Waals surface area contributed by atoms with Crippen molar-refractivity contribution in [2.75, 3.05) is 26.3 Å². The number of ether oxygens (including phenoxy) is 2. The molecule has 136 valence electrons. The maximum absolute atomic E-state index is 14.2. The van der Waals surface area contributed by atoms with E-state index in [9.17, 15) is 13.2 Å². The molecule has 5 nitrogen and oxygen atoms in total. The van der Waals surface area contributed by atoms with Crippen molar-refractivity contribution in [2.45, 2.75) is 6.10 Å². The van der Waals surface area contributed by atoms with E-state index in [1.54, 1.807) is 0 Å². The summed E-state index contributed by atoms with van der Waals surface area (Å²) in [6.45, 7) is 2.15. The number of halogens is 3. The molecule has 0 spiro atoms. The Morgan fingerprint density at radius 2 is 2.00 bits per heavy atom. The maximum atomic E-state index is 14.2. The monoisotopic (exact) mass is 363 g/mol. The Balaban J connectivity index is 1.75. The molecule has 2 heterocycles. The Bertz CT molecular complexity index is 919. The van der Waals surface area contributed by atoms with Crippen LogP contribution in [0.4, 0.5) is 13.2 Å². The average molecular weight is 363 g/mol. The van der Waals surface area contributed by atoms with Crippen molar-refractivity contribution in [2.24, 2.45) is 0 Å². The third-order valence-corrected chi connectivity index (χ3v) is 4.17. The van der Waals surface area contributed by atoms with Crippen LogP contribution < -0.4 is 10.1 Å². The van der Waals surface area contributed by atoms with Crippen molar-refractivity contribution in [1.29, 1.82) is 0 Å². The highest BCUT2D eigenvalue weighted by atomic mass is 19.1. The lowest BCUT2D eigenvalue weighted by Gasteiger charge is -2.23. The van der Waals surface area contributed by atoms with E-state index < -0.39 is 17.5 Å². The molecule has 1 atom stereocenters. The second kappa shape index (κ2) is 6.97. The molecule has 0 saturated carbocycles. The molecule has 1 N–H and O–H groups in total. The Kier molecular flexibility index (Phi) is 4.52. The van der Waals surface area contributed by atoms with Gasteiger partial charge in [0, 0.05) is 13.1 Å². The van der Waals surface area contributed by atoms with Gasteiger partial charge in [-0.05, 0) is 30.3 Å². The van der Waals surface area contributed by atoms with E-state index in [2.05, 4.69) is 10.4 Å². The molecule has 0 radical (unpaired) electrons. The molecule has 4 rings (SSSR count). The van der Waals surface area contributed by atoms with Crippen LogP contribution in [0.5, 0.6) is 5.88 Å². The largest absolute Gasteiger partial charge is 0.473 e. The molecule has 0 amide bonds. The molecule has 1 aliphatic rings. The van der Waals surface area contributed by atoms with Gasteiger partial charge in [-0.1, -0.05) is 6.07 Å². The highest BCUT2D eigenvalue weighted by Crippen LogP contribution is 2.30. The van der Waals surface area contributed by atoms with Gasteiger partial charge in [-0.2, -0.15) is 0 Å². The molecule has 26 heavy (non-hydrogen) atoms. The molecule has 1 fully saturated rings. The summed E-state index contributed by atoms with van der Waals surface area (Å²) in [5.41, 5.74) is 0.00243. The third kappa shape index (κ3) is 3.13. The molecule has 0 bridgehead atoms. The van der Waals surface area contributed by atoms with E-state index in [0.717, 1.165) is 23.4 Å². The van der Waals surface area contributed by atoms with Gasteiger partial charge in [0.05, 0.1) is 17.5 Å². The normalized spacial score (nSPS) is 17.6. The number of hydrogen-bond donors (Lipinski definition) is 1. The van der Waals surface area contributed by atoms with E-state index in [0.29, 0.717) is 24.1 Å². The van der Waals surface area contributed by atoms with Gasteiger partial charge in [0.15, 0.2) is 11.6 Å². The second-order valence-corrected chi connectivity index (χ2v) is 5.96. The third-order valence-electron chi connectivity index (χ3n) is 4.17. The number of rotatable bonds is 4. The summed E-state index contributed by atoms with van der Waals surface area (Å²) in [6, 6.07) is 7.39. The molecule has 1 saturated heterocycles. The van der Waals surface area contributed by atoms with Crippen LogP contribution in [0.1, 0.15) is 0 Å². The minimum absolute atomic E-state index is 0.0938.